The van der Waals surface area contributed by atoms with E-state index in [9.17, 15) is 9.59 Å². The maximum Gasteiger partial charge on any atom is 0.339 e. The summed E-state index contributed by atoms with van der Waals surface area (Å²) in [4.78, 5) is 23.1. The molecule has 0 fully saturated rings. The third kappa shape index (κ3) is 2.82. The lowest BCUT2D eigenvalue weighted by Crippen LogP contribution is -2.28. The van der Waals surface area contributed by atoms with Gasteiger partial charge in [0.2, 0.25) is 5.91 Å². The molecular weight excluding hydrogens is 246 g/mol. The fourth-order valence-corrected chi connectivity index (χ4v) is 1.94. The second-order valence-corrected chi connectivity index (χ2v) is 4.68. The van der Waals surface area contributed by atoms with Crippen molar-refractivity contribution in [2.24, 2.45) is 5.92 Å². The summed E-state index contributed by atoms with van der Waals surface area (Å²) in [5, 5.41) is 9.37. The minimum absolute atomic E-state index is 0.221. The van der Waals surface area contributed by atoms with Crippen molar-refractivity contribution in [1.29, 1.82) is 0 Å². The first kappa shape index (κ1) is 13.3. The molecule has 1 heterocycles. The van der Waals surface area contributed by atoms with Gasteiger partial charge in [0.15, 0.2) is 0 Å². The van der Waals surface area contributed by atoms with Crippen LogP contribution in [0.15, 0.2) is 33.5 Å². The Morgan fingerprint density at radius 1 is 1.42 bits per heavy atom. The third-order valence-electron chi connectivity index (χ3n) is 3.05. The lowest BCUT2D eigenvalue weighted by Gasteiger charge is -2.08. The van der Waals surface area contributed by atoms with Crippen molar-refractivity contribution in [3.05, 3.63) is 45.8 Å². The highest BCUT2D eigenvalue weighted by atomic mass is 16.5. The van der Waals surface area contributed by atoms with Crippen LogP contribution >= 0.6 is 0 Å². The quantitative estimate of drug-likeness (QED) is 0.501. The Labute approximate surface area is 109 Å². The van der Waals surface area contributed by atoms with Gasteiger partial charge in [0, 0.05) is 16.9 Å². The summed E-state index contributed by atoms with van der Waals surface area (Å²) in [7, 11) is 0. The lowest BCUT2D eigenvalue weighted by molar-refractivity contribution is -0.132. The summed E-state index contributed by atoms with van der Waals surface area (Å²) in [6.45, 7) is 3.55. The number of benzene rings is 1. The first-order valence-electron chi connectivity index (χ1n) is 5.98. The van der Waals surface area contributed by atoms with E-state index in [0.29, 0.717) is 11.1 Å². The molecule has 0 bridgehead atoms. The highest BCUT2D eigenvalue weighted by Crippen LogP contribution is 2.16. The van der Waals surface area contributed by atoms with Crippen LogP contribution in [0.3, 0.4) is 0 Å². The van der Waals surface area contributed by atoms with E-state index in [1.54, 1.807) is 24.5 Å². The van der Waals surface area contributed by atoms with E-state index < -0.39 is 17.5 Å². The third-order valence-corrected chi connectivity index (χ3v) is 3.05. The van der Waals surface area contributed by atoms with Crippen LogP contribution in [0, 0.1) is 12.8 Å². The van der Waals surface area contributed by atoms with Crippen LogP contribution in [0.2, 0.25) is 0 Å². The van der Waals surface area contributed by atoms with Gasteiger partial charge in [-0.15, -0.1) is 0 Å². The summed E-state index contributed by atoms with van der Waals surface area (Å²) in [5.41, 5.74) is 3.10. The van der Waals surface area contributed by atoms with Crippen LogP contribution in [-0.4, -0.2) is 11.1 Å². The molecule has 1 amide bonds. The van der Waals surface area contributed by atoms with E-state index in [1.807, 2.05) is 19.1 Å². The molecule has 1 atom stereocenters. The van der Waals surface area contributed by atoms with Crippen LogP contribution in [-0.2, 0) is 11.2 Å². The van der Waals surface area contributed by atoms with Gasteiger partial charge in [-0.3, -0.25) is 10.0 Å². The lowest BCUT2D eigenvalue weighted by atomic mass is 10.0. The molecule has 2 rings (SSSR count). The first-order chi connectivity index (χ1) is 9.01. The van der Waals surface area contributed by atoms with Gasteiger partial charge in [-0.2, -0.15) is 0 Å². The number of hydrogen-bond donors (Lipinski definition) is 2. The number of carbonyl (C=O) groups excluding carboxylic acids is 1. The van der Waals surface area contributed by atoms with Crippen molar-refractivity contribution in [2.75, 3.05) is 0 Å². The molecule has 1 aromatic carbocycles. The zero-order valence-corrected chi connectivity index (χ0v) is 10.8. The molecule has 19 heavy (non-hydrogen) atoms. The minimum Gasteiger partial charge on any atom is -0.423 e. The number of hydroxylamine groups is 1. The molecule has 0 aliphatic heterocycles. The van der Waals surface area contributed by atoms with E-state index in [0.717, 1.165) is 10.9 Å². The number of nitrogens with one attached hydrogen (secondary N) is 1. The highest BCUT2D eigenvalue weighted by Gasteiger charge is 2.15. The Kier molecular flexibility index (Phi) is 3.66. The summed E-state index contributed by atoms with van der Waals surface area (Å²) in [6.07, 6.45) is 0.221. The molecule has 0 spiro atoms. The van der Waals surface area contributed by atoms with Gasteiger partial charge in [0.05, 0.1) is 0 Å². The normalized spacial score (nSPS) is 12.4. The molecule has 5 heteroatoms. The molecule has 0 aliphatic rings. The second kappa shape index (κ2) is 5.24. The number of rotatable bonds is 3. The van der Waals surface area contributed by atoms with E-state index in [4.69, 9.17) is 9.62 Å². The largest absolute Gasteiger partial charge is 0.423 e. The molecule has 1 aromatic heterocycles. The van der Waals surface area contributed by atoms with Gasteiger partial charge < -0.3 is 4.42 Å². The molecule has 5 nitrogen and oxygen atoms in total. The predicted molar refractivity (Wildman–Crippen MR) is 70.0 cm³/mol. The standard InChI is InChI=1S/C14H15NO4/c1-8-3-4-10-7-11(6-9(2)13(16)15-18)14(17)19-12(10)5-8/h3-5,7,9,18H,6H2,1-2H3,(H,15,16). The average Bonchev–Trinajstić information content (AvgIpc) is 2.38. The van der Waals surface area contributed by atoms with Crippen LogP contribution in [0.4, 0.5) is 0 Å². The Morgan fingerprint density at radius 3 is 2.84 bits per heavy atom. The zero-order chi connectivity index (χ0) is 14.0. The summed E-state index contributed by atoms with van der Waals surface area (Å²) < 4.78 is 5.24. The number of carbonyl (C=O) groups is 1. The number of aryl methyl sites for hydroxylation is 1. The second-order valence-electron chi connectivity index (χ2n) is 4.68. The van der Waals surface area contributed by atoms with Gasteiger partial charge in [-0.1, -0.05) is 19.1 Å². The van der Waals surface area contributed by atoms with Crippen molar-refractivity contribution < 1.29 is 14.4 Å². The Morgan fingerprint density at radius 2 is 2.16 bits per heavy atom. The van der Waals surface area contributed by atoms with Gasteiger partial charge in [-0.25, -0.2) is 10.3 Å². The first-order valence-corrected chi connectivity index (χ1v) is 5.98. The monoisotopic (exact) mass is 261 g/mol. The SMILES string of the molecule is Cc1ccc2cc(CC(C)C(=O)NO)c(=O)oc2c1. The van der Waals surface area contributed by atoms with Crippen molar-refractivity contribution in [2.45, 2.75) is 20.3 Å². The highest BCUT2D eigenvalue weighted by molar-refractivity contribution is 5.79. The molecule has 0 radical (unpaired) electrons. The minimum atomic E-state index is -0.525. The number of amides is 1. The van der Waals surface area contributed by atoms with E-state index in [2.05, 4.69) is 0 Å². The fraction of sp³-hybridized carbons (Fsp3) is 0.286. The van der Waals surface area contributed by atoms with Crippen LogP contribution in [0.5, 0.6) is 0 Å². The summed E-state index contributed by atoms with van der Waals surface area (Å²) >= 11 is 0. The Bertz CT molecular complexity index is 675. The van der Waals surface area contributed by atoms with Crippen LogP contribution < -0.4 is 11.1 Å². The van der Waals surface area contributed by atoms with E-state index in [1.165, 1.54) is 0 Å². The molecular formula is C14H15NO4. The molecule has 0 aliphatic carbocycles. The molecule has 100 valence electrons. The van der Waals surface area contributed by atoms with Crippen molar-refractivity contribution >= 4 is 16.9 Å². The van der Waals surface area contributed by atoms with Gasteiger partial charge >= 0.3 is 5.63 Å². The van der Waals surface area contributed by atoms with Crippen LogP contribution in [0.1, 0.15) is 18.1 Å². The zero-order valence-electron chi connectivity index (χ0n) is 10.8. The molecule has 0 saturated carbocycles. The van der Waals surface area contributed by atoms with E-state index in [-0.39, 0.29) is 6.42 Å². The Balaban J connectivity index is 2.39. The summed E-state index contributed by atoms with van der Waals surface area (Å²) in [6, 6.07) is 7.32. The molecule has 1 unspecified atom stereocenters. The van der Waals surface area contributed by atoms with Crippen molar-refractivity contribution in [3.63, 3.8) is 0 Å². The fourth-order valence-electron chi connectivity index (χ4n) is 1.94. The maximum absolute atomic E-state index is 11.8. The molecule has 0 saturated heterocycles. The predicted octanol–water partition coefficient (Wildman–Crippen LogP) is 1.79. The van der Waals surface area contributed by atoms with Gasteiger partial charge in [0.25, 0.3) is 0 Å². The Hall–Kier alpha value is -2.14. The topological polar surface area (TPSA) is 79.5 Å². The average molecular weight is 261 g/mol. The smallest absolute Gasteiger partial charge is 0.339 e. The van der Waals surface area contributed by atoms with Gasteiger partial charge in [-0.05, 0) is 31.0 Å². The maximum atomic E-state index is 11.8. The van der Waals surface area contributed by atoms with Crippen molar-refractivity contribution in [3.8, 4) is 0 Å². The molecule has 2 aromatic rings. The van der Waals surface area contributed by atoms with Gasteiger partial charge in [0.1, 0.15) is 5.58 Å². The number of fused-ring (bicyclic) bond motifs is 1. The summed E-state index contributed by atoms with van der Waals surface area (Å²) in [5.74, 6) is -1.03. The number of hydrogen-bond acceptors (Lipinski definition) is 4. The molecule has 2 N–H and O–H groups in total. The van der Waals surface area contributed by atoms with E-state index >= 15 is 0 Å². The van der Waals surface area contributed by atoms with Crippen molar-refractivity contribution in [1.82, 2.24) is 5.48 Å². The van der Waals surface area contributed by atoms with Crippen LogP contribution in [0.25, 0.3) is 11.0 Å².